The van der Waals surface area contributed by atoms with E-state index in [0.29, 0.717) is 5.56 Å². The molecule has 1 saturated heterocycles. The zero-order valence-corrected chi connectivity index (χ0v) is 15.4. The number of hydrogen-bond acceptors (Lipinski definition) is 7. The van der Waals surface area contributed by atoms with Gasteiger partial charge in [0.2, 0.25) is 5.91 Å². The van der Waals surface area contributed by atoms with Crippen LogP contribution in [-0.4, -0.2) is 47.3 Å². The minimum atomic E-state index is -5.19. The van der Waals surface area contributed by atoms with Gasteiger partial charge in [0.15, 0.2) is 16.3 Å². The normalized spacial score (nSPS) is 19.7. The first-order valence-corrected chi connectivity index (χ1v) is 7.64. The molecule has 10 nitrogen and oxygen atoms in total. The van der Waals surface area contributed by atoms with Gasteiger partial charge in [0.1, 0.15) is 12.6 Å². The summed E-state index contributed by atoms with van der Waals surface area (Å²) in [5, 5.41) is 2.01. The molecule has 1 aliphatic rings. The molecule has 0 aliphatic carbocycles. The van der Waals surface area contributed by atoms with E-state index in [-0.39, 0.29) is 40.5 Å². The minimum Gasteiger partial charge on any atom is -0.731 e. The molecule has 0 saturated carbocycles. The zero-order valence-electron chi connectivity index (χ0n) is 12.5. The van der Waals surface area contributed by atoms with E-state index in [2.05, 4.69) is 0 Å². The van der Waals surface area contributed by atoms with E-state index >= 15 is 0 Å². The van der Waals surface area contributed by atoms with Crippen molar-refractivity contribution in [3.63, 3.8) is 0 Å². The molecule has 1 heterocycles. The molecule has 1 aliphatic heterocycles. The molecule has 3 N–H and O–H groups in total. The molecule has 0 unspecified atom stereocenters. The molecule has 0 bridgehead atoms. The molecule has 0 aromatic heterocycles. The van der Waals surface area contributed by atoms with Crippen LogP contribution in [0.2, 0.25) is 0 Å². The van der Waals surface area contributed by atoms with Crippen LogP contribution in [0.1, 0.15) is 5.56 Å². The van der Waals surface area contributed by atoms with Crippen LogP contribution in [-0.2, 0) is 31.2 Å². The average molecular weight is 365 g/mol. The van der Waals surface area contributed by atoms with Gasteiger partial charge in [-0.2, -0.15) is 0 Å². The van der Waals surface area contributed by atoms with Gasteiger partial charge in [0.25, 0.3) is 5.91 Å². The van der Waals surface area contributed by atoms with E-state index in [1.165, 1.54) is 0 Å². The van der Waals surface area contributed by atoms with E-state index in [0.717, 1.165) is 0 Å². The molecular formula is C12H12N3NaO7S. The second-order valence-electron chi connectivity index (χ2n) is 4.62. The van der Waals surface area contributed by atoms with Gasteiger partial charge in [-0.05, 0) is 5.56 Å². The standard InChI is InChI=1S/C12H13N3O7S.Na/c13-10(16)9-8(11(17)15(9)23(19,20)21)14-12(18)22-6-7-4-2-1-3-5-7;/h1-5,8-9H,6H2,(H2,13,16)(H,14,18)(H,19,20,21);/q;+1/p-1/t8-,9+;/m1./s1. The maximum Gasteiger partial charge on any atom is 1.00 e. The van der Waals surface area contributed by atoms with Gasteiger partial charge < -0.3 is 20.3 Å². The predicted octanol–water partition coefficient (Wildman–Crippen LogP) is -4.56. The molecule has 2 atom stereocenters. The van der Waals surface area contributed by atoms with E-state index in [1.54, 1.807) is 30.3 Å². The van der Waals surface area contributed by atoms with Crippen molar-refractivity contribution < 1.29 is 61.6 Å². The van der Waals surface area contributed by atoms with Crippen LogP contribution in [0.5, 0.6) is 0 Å². The van der Waals surface area contributed by atoms with Crippen LogP contribution in [0.4, 0.5) is 4.79 Å². The minimum absolute atomic E-state index is 0. The number of ether oxygens (including phenoxy) is 1. The number of primary amides is 1. The predicted molar refractivity (Wildman–Crippen MR) is 73.1 cm³/mol. The molecule has 0 spiro atoms. The number of carbonyl (C=O) groups is 3. The molecule has 1 aromatic rings. The second kappa shape index (κ2) is 7.94. The summed E-state index contributed by atoms with van der Waals surface area (Å²) in [6.45, 7) is -0.0988. The maximum atomic E-state index is 11.6. The van der Waals surface area contributed by atoms with Gasteiger partial charge in [-0.25, -0.2) is 17.5 Å². The molecule has 24 heavy (non-hydrogen) atoms. The second-order valence-corrected chi connectivity index (χ2v) is 5.87. The number of hydrogen-bond donors (Lipinski definition) is 2. The van der Waals surface area contributed by atoms with Crippen molar-refractivity contribution in [1.82, 2.24) is 9.62 Å². The van der Waals surface area contributed by atoms with Gasteiger partial charge in [-0.3, -0.25) is 9.59 Å². The number of nitrogens with one attached hydrogen (secondary N) is 1. The summed E-state index contributed by atoms with van der Waals surface area (Å²) < 4.78 is 37.3. The Morgan fingerprint density at radius 2 is 1.88 bits per heavy atom. The average Bonchev–Trinajstić information content (AvgIpc) is 2.47. The fourth-order valence-electron chi connectivity index (χ4n) is 2.02. The first-order chi connectivity index (χ1) is 10.7. The molecule has 124 valence electrons. The quantitative estimate of drug-likeness (QED) is 0.302. The molecule has 3 amide bonds. The smallest absolute Gasteiger partial charge is 0.731 e. The van der Waals surface area contributed by atoms with Crippen molar-refractivity contribution in [1.29, 1.82) is 0 Å². The zero-order chi connectivity index (χ0) is 17.2. The Labute approximate surface area is 159 Å². The van der Waals surface area contributed by atoms with Crippen LogP contribution in [0.25, 0.3) is 0 Å². The Balaban J connectivity index is 0.00000288. The Hall–Kier alpha value is -1.66. The van der Waals surface area contributed by atoms with E-state index in [4.69, 9.17) is 10.5 Å². The Morgan fingerprint density at radius 3 is 2.38 bits per heavy atom. The van der Waals surface area contributed by atoms with E-state index in [9.17, 15) is 27.4 Å². The first kappa shape index (κ1) is 20.4. The molecule has 0 radical (unpaired) electrons. The van der Waals surface area contributed by atoms with Gasteiger partial charge in [0, 0.05) is 0 Å². The number of alkyl carbamates (subject to hydrolysis) is 1. The molecular weight excluding hydrogens is 353 g/mol. The topological polar surface area (TPSA) is 159 Å². The van der Waals surface area contributed by atoms with Crippen molar-refractivity contribution in [2.45, 2.75) is 18.7 Å². The third-order valence-corrected chi connectivity index (χ3v) is 3.96. The van der Waals surface area contributed by atoms with Gasteiger partial charge in [-0.15, -0.1) is 0 Å². The van der Waals surface area contributed by atoms with Crippen LogP contribution >= 0.6 is 0 Å². The Morgan fingerprint density at radius 1 is 1.29 bits per heavy atom. The number of amides is 3. The number of benzene rings is 1. The summed E-state index contributed by atoms with van der Waals surface area (Å²) >= 11 is 0. The third-order valence-electron chi connectivity index (χ3n) is 3.07. The van der Waals surface area contributed by atoms with Crippen molar-refractivity contribution in [3.05, 3.63) is 35.9 Å². The Bertz CT molecular complexity index is 740. The number of rotatable bonds is 5. The maximum absolute atomic E-state index is 11.6. The largest absolute Gasteiger partial charge is 1.00 e. The summed E-state index contributed by atoms with van der Waals surface area (Å²) in [5.41, 5.74) is 5.63. The summed E-state index contributed by atoms with van der Waals surface area (Å²) in [6, 6.07) is 5.29. The summed E-state index contributed by atoms with van der Waals surface area (Å²) in [7, 11) is -5.19. The van der Waals surface area contributed by atoms with Gasteiger partial charge in [0.05, 0.1) is 0 Å². The molecule has 12 heteroatoms. The van der Waals surface area contributed by atoms with Gasteiger partial charge in [-0.1, -0.05) is 30.3 Å². The monoisotopic (exact) mass is 365 g/mol. The van der Waals surface area contributed by atoms with Crippen molar-refractivity contribution in [2.24, 2.45) is 5.73 Å². The van der Waals surface area contributed by atoms with Crippen molar-refractivity contribution >= 4 is 28.2 Å². The number of carbonyl (C=O) groups excluding carboxylic acids is 3. The number of nitrogens with two attached hydrogens (primary N) is 1. The van der Waals surface area contributed by atoms with E-state index < -0.39 is 40.3 Å². The van der Waals surface area contributed by atoms with Crippen LogP contribution in [0.3, 0.4) is 0 Å². The summed E-state index contributed by atoms with van der Waals surface area (Å²) in [5.74, 6) is -2.49. The molecule has 1 aromatic carbocycles. The summed E-state index contributed by atoms with van der Waals surface area (Å²) in [4.78, 5) is 34.4. The van der Waals surface area contributed by atoms with Crippen LogP contribution in [0.15, 0.2) is 30.3 Å². The molecule has 1 fully saturated rings. The van der Waals surface area contributed by atoms with E-state index in [1.807, 2.05) is 5.32 Å². The Kier molecular flexibility index (Phi) is 6.75. The summed E-state index contributed by atoms with van der Waals surface area (Å²) in [6.07, 6.45) is -1.05. The fraction of sp³-hybridized carbons (Fsp3) is 0.250. The number of nitrogens with zero attached hydrogens (tertiary/aromatic N) is 1. The molecule has 2 rings (SSSR count). The van der Waals surface area contributed by atoms with Crippen LogP contribution < -0.4 is 40.6 Å². The SMILES string of the molecule is NC(=O)[C@@H]1[C@@H](NC(=O)OCc2ccccc2)C(=O)N1S(=O)(=O)[O-].[Na+]. The number of β-lactam (4-membered cyclic amide) rings is 1. The van der Waals surface area contributed by atoms with Gasteiger partial charge >= 0.3 is 35.7 Å². The van der Waals surface area contributed by atoms with Crippen molar-refractivity contribution in [3.8, 4) is 0 Å². The van der Waals surface area contributed by atoms with Crippen LogP contribution in [0, 0.1) is 0 Å². The third kappa shape index (κ3) is 4.45. The fourth-order valence-corrected chi connectivity index (χ4v) is 2.86. The van der Waals surface area contributed by atoms with Crippen molar-refractivity contribution in [2.75, 3.05) is 0 Å². The first-order valence-electron chi connectivity index (χ1n) is 6.27.